The van der Waals surface area contributed by atoms with E-state index in [1.165, 1.54) is 13.2 Å². The number of fused-ring (bicyclic) bond motifs is 1. The lowest BCUT2D eigenvalue weighted by Gasteiger charge is -2.36. The van der Waals surface area contributed by atoms with Crippen LogP contribution in [0.2, 0.25) is 0 Å². The molecule has 0 heterocycles. The van der Waals surface area contributed by atoms with Crippen LogP contribution in [-0.2, 0) is 16.1 Å². The Morgan fingerprint density at radius 3 is 2.53 bits per heavy atom. The maximum Gasteiger partial charge on any atom is 0.339 e. The predicted octanol–water partition coefficient (Wildman–Crippen LogP) is 5.79. The Kier molecular flexibility index (Phi) is 6.72. The molecule has 0 spiro atoms. The normalized spacial score (nSPS) is 20.0. The van der Waals surface area contributed by atoms with E-state index in [1.807, 2.05) is 49.4 Å². The Balaban J connectivity index is 1.37. The van der Waals surface area contributed by atoms with Crippen molar-refractivity contribution in [1.29, 1.82) is 0 Å². The van der Waals surface area contributed by atoms with Gasteiger partial charge in [-0.15, -0.1) is 0 Å². The number of nitrogens with one attached hydrogen (secondary N) is 1. The molecule has 34 heavy (non-hydrogen) atoms. The molecule has 0 amide bonds. The Bertz CT molecular complexity index is 1210. The molecule has 0 aromatic heterocycles. The highest BCUT2D eigenvalue weighted by molar-refractivity contribution is 5.92. The number of carbonyl (C=O) groups excluding carboxylic acids is 1. The van der Waals surface area contributed by atoms with Gasteiger partial charge in [-0.25, -0.2) is 9.18 Å². The molecule has 0 unspecified atom stereocenters. The molecule has 0 bridgehead atoms. The second-order valence-corrected chi connectivity index (χ2v) is 9.03. The number of ether oxygens (including phenoxy) is 2. The Labute approximate surface area is 197 Å². The summed E-state index contributed by atoms with van der Waals surface area (Å²) in [5.41, 5.74) is 0.358. The van der Waals surface area contributed by atoms with E-state index in [9.17, 15) is 19.1 Å². The second kappa shape index (κ2) is 9.71. The molecule has 4 rings (SSSR count). The van der Waals surface area contributed by atoms with Crippen LogP contribution >= 0.6 is 0 Å². The van der Waals surface area contributed by atoms with E-state index in [-0.39, 0.29) is 35.6 Å². The van der Waals surface area contributed by atoms with Gasteiger partial charge in [-0.1, -0.05) is 42.5 Å². The zero-order valence-corrected chi connectivity index (χ0v) is 19.3. The minimum absolute atomic E-state index is 0.0271. The van der Waals surface area contributed by atoms with Crippen LogP contribution in [-0.4, -0.2) is 30.2 Å². The third-order valence-corrected chi connectivity index (χ3v) is 6.70. The molecular formula is C27H28FNO5. The van der Waals surface area contributed by atoms with E-state index >= 15 is 0 Å². The van der Waals surface area contributed by atoms with E-state index in [4.69, 9.17) is 9.47 Å². The first kappa shape index (κ1) is 23.5. The van der Waals surface area contributed by atoms with E-state index in [1.54, 1.807) is 0 Å². The SMILES string of the molecule is COc1cc(F)c(NC2CCC(C)(C(=O)OCc3cccc4ccccc34)CC2)cc1C(=O)O. The summed E-state index contributed by atoms with van der Waals surface area (Å²) in [5.74, 6) is -2.03. The minimum atomic E-state index is -1.19. The highest BCUT2D eigenvalue weighted by Gasteiger charge is 2.39. The highest BCUT2D eigenvalue weighted by atomic mass is 19.1. The van der Waals surface area contributed by atoms with Crippen molar-refractivity contribution < 1.29 is 28.6 Å². The van der Waals surface area contributed by atoms with Gasteiger partial charge in [-0.05, 0) is 55.0 Å². The van der Waals surface area contributed by atoms with Gasteiger partial charge in [-0.2, -0.15) is 0 Å². The largest absolute Gasteiger partial charge is 0.496 e. The maximum atomic E-state index is 14.5. The fraction of sp³-hybridized carbons (Fsp3) is 0.333. The topological polar surface area (TPSA) is 84.9 Å². The molecule has 0 saturated heterocycles. The number of hydrogen-bond acceptors (Lipinski definition) is 5. The molecule has 2 N–H and O–H groups in total. The lowest BCUT2D eigenvalue weighted by Crippen LogP contribution is -2.38. The Morgan fingerprint density at radius 2 is 1.82 bits per heavy atom. The second-order valence-electron chi connectivity index (χ2n) is 9.03. The standard InChI is InChI=1S/C27H28FNO5/c1-27(26(32)34-16-18-8-5-7-17-6-3-4-9-20(17)18)12-10-19(11-13-27)29-23-14-21(25(30)31)24(33-2)15-22(23)28/h3-9,14-15,19,29H,10-13,16H2,1-2H3,(H,30,31). The van der Waals surface area contributed by atoms with E-state index in [2.05, 4.69) is 5.32 Å². The van der Waals surface area contributed by atoms with Crippen molar-refractivity contribution >= 4 is 28.4 Å². The molecule has 7 heteroatoms. The first-order chi connectivity index (χ1) is 16.3. The molecule has 1 aliphatic carbocycles. The van der Waals surface area contributed by atoms with Crippen LogP contribution in [0.15, 0.2) is 54.6 Å². The van der Waals surface area contributed by atoms with Crippen LogP contribution in [0.5, 0.6) is 5.75 Å². The maximum absolute atomic E-state index is 14.5. The molecule has 1 saturated carbocycles. The number of hydrogen-bond donors (Lipinski definition) is 2. The van der Waals surface area contributed by atoms with Crippen molar-refractivity contribution in [3.8, 4) is 5.75 Å². The summed E-state index contributed by atoms with van der Waals surface area (Å²) in [5, 5.41) is 14.6. The van der Waals surface area contributed by atoms with Crippen LogP contribution in [0.4, 0.5) is 10.1 Å². The summed E-state index contributed by atoms with van der Waals surface area (Å²) in [4.78, 5) is 24.4. The lowest BCUT2D eigenvalue weighted by atomic mass is 9.74. The quantitative estimate of drug-likeness (QED) is 0.430. The van der Waals surface area contributed by atoms with Crippen molar-refractivity contribution in [3.05, 3.63) is 71.5 Å². The van der Waals surface area contributed by atoms with Crippen LogP contribution in [0.1, 0.15) is 48.5 Å². The van der Waals surface area contributed by atoms with Gasteiger partial charge in [-0.3, -0.25) is 4.79 Å². The number of esters is 1. The molecule has 0 aliphatic heterocycles. The smallest absolute Gasteiger partial charge is 0.339 e. The number of carboxylic acids is 1. The lowest BCUT2D eigenvalue weighted by molar-refractivity contribution is -0.158. The number of carbonyl (C=O) groups is 2. The van der Waals surface area contributed by atoms with Crippen LogP contribution in [0.25, 0.3) is 10.8 Å². The Morgan fingerprint density at radius 1 is 1.12 bits per heavy atom. The minimum Gasteiger partial charge on any atom is -0.496 e. The number of halogens is 1. The van der Waals surface area contributed by atoms with Crippen LogP contribution < -0.4 is 10.1 Å². The van der Waals surface area contributed by atoms with E-state index in [0.29, 0.717) is 25.7 Å². The van der Waals surface area contributed by atoms with Crippen molar-refractivity contribution in [3.63, 3.8) is 0 Å². The number of aromatic carboxylic acids is 1. The third-order valence-electron chi connectivity index (χ3n) is 6.70. The van der Waals surface area contributed by atoms with Gasteiger partial charge in [0.1, 0.15) is 23.7 Å². The van der Waals surface area contributed by atoms with Gasteiger partial charge < -0.3 is 19.9 Å². The number of benzene rings is 3. The van der Waals surface area contributed by atoms with E-state index < -0.39 is 17.2 Å². The first-order valence-electron chi connectivity index (χ1n) is 11.3. The summed E-state index contributed by atoms with van der Waals surface area (Å²) in [7, 11) is 1.30. The fourth-order valence-corrected chi connectivity index (χ4v) is 4.56. The molecule has 178 valence electrons. The molecule has 0 radical (unpaired) electrons. The summed E-state index contributed by atoms with van der Waals surface area (Å²) < 4.78 is 25.2. The number of methoxy groups -OCH3 is 1. The predicted molar refractivity (Wildman–Crippen MR) is 128 cm³/mol. The average Bonchev–Trinajstić information content (AvgIpc) is 2.84. The zero-order valence-electron chi connectivity index (χ0n) is 19.3. The van der Waals surface area contributed by atoms with Gasteiger partial charge in [0.25, 0.3) is 0 Å². The molecule has 6 nitrogen and oxygen atoms in total. The van der Waals surface area contributed by atoms with Gasteiger partial charge in [0.15, 0.2) is 0 Å². The van der Waals surface area contributed by atoms with Crippen LogP contribution in [0, 0.1) is 11.2 Å². The third kappa shape index (κ3) is 4.83. The zero-order chi connectivity index (χ0) is 24.3. The van der Waals surface area contributed by atoms with E-state index in [0.717, 1.165) is 22.4 Å². The van der Waals surface area contributed by atoms with Crippen molar-refractivity contribution in [2.45, 2.75) is 45.3 Å². The van der Waals surface area contributed by atoms with Gasteiger partial charge in [0.05, 0.1) is 18.2 Å². The first-order valence-corrected chi connectivity index (χ1v) is 11.3. The van der Waals surface area contributed by atoms with Crippen LogP contribution in [0.3, 0.4) is 0 Å². The summed E-state index contributed by atoms with van der Waals surface area (Å²) >= 11 is 0. The molecular weight excluding hydrogens is 437 g/mol. The monoisotopic (exact) mass is 465 g/mol. The fourth-order valence-electron chi connectivity index (χ4n) is 4.56. The molecule has 1 fully saturated rings. The van der Waals surface area contributed by atoms with Crippen molar-refractivity contribution in [2.24, 2.45) is 5.41 Å². The molecule has 1 aliphatic rings. The summed E-state index contributed by atoms with van der Waals surface area (Å²) in [6, 6.07) is 16.2. The summed E-state index contributed by atoms with van der Waals surface area (Å²) in [6.07, 6.45) is 2.44. The number of rotatable bonds is 7. The van der Waals surface area contributed by atoms with Gasteiger partial charge in [0.2, 0.25) is 0 Å². The Hall–Kier alpha value is -3.61. The summed E-state index contributed by atoms with van der Waals surface area (Å²) in [6.45, 7) is 2.12. The van der Waals surface area contributed by atoms with Gasteiger partial charge >= 0.3 is 11.9 Å². The highest BCUT2D eigenvalue weighted by Crippen LogP contribution is 2.39. The number of anilines is 1. The molecule has 3 aromatic rings. The average molecular weight is 466 g/mol. The number of carboxylic acid groups (broad SMARTS) is 1. The van der Waals surface area contributed by atoms with Crippen molar-refractivity contribution in [2.75, 3.05) is 12.4 Å². The molecule has 0 atom stereocenters. The van der Waals surface area contributed by atoms with Crippen molar-refractivity contribution in [1.82, 2.24) is 0 Å². The van der Waals surface area contributed by atoms with Gasteiger partial charge in [0, 0.05) is 12.1 Å². The molecule has 3 aromatic carbocycles.